The van der Waals surface area contributed by atoms with Crippen LogP contribution >= 0.6 is 11.8 Å². The summed E-state index contributed by atoms with van der Waals surface area (Å²) in [6, 6.07) is 6.50. The van der Waals surface area contributed by atoms with Crippen molar-refractivity contribution in [3.8, 4) is 0 Å². The molecule has 2 rings (SSSR count). The number of thioether (sulfide) groups is 1. The SMILES string of the molecule is Cc1cc(C)cc(CSCC(=O)NC[C@H]2COCCO2)c1. The van der Waals surface area contributed by atoms with E-state index in [1.165, 1.54) is 16.7 Å². The first-order chi connectivity index (χ1) is 10.1. The van der Waals surface area contributed by atoms with Crippen LogP contribution in [-0.2, 0) is 20.0 Å². The summed E-state index contributed by atoms with van der Waals surface area (Å²) in [5, 5.41) is 2.90. The van der Waals surface area contributed by atoms with Crippen LogP contribution in [0.25, 0.3) is 0 Å². The number of ether oxygens (including phenoxy) is 2. The molecule has 0 aliphatic carbocycles. The molecule has 0 radical (unpaired) electrons. The van der Waals surface area contributed by atoms with E-state index in [1.807, 2.05) is 0 Å². The molecule has 1 aromatic rings. The van der Waals surface area contributed by atoms with Gasteiger partial charge in [-0.05, 0) is 19.4 Å². The summed E-state index contributed by atoms with van der Waals surface area (Å²) in [5.74, 6) is 1.39. The number of aryl methyl sites for hydroxylation is 2. The fourth-order valence-electron chi connectivity index (χ4n) is 2.35. The Morgan fingerprint density at radius 3 is 2.71 bits per heavy atom. The van der Waals surface area contributed by atoms with Crippen molar-refractivity contribution in [3.05, 3.63) is 34.9 Å². The van der Waals surface area contributed by atoms with Gasteiger partial charge in [-0.2, -0.15) is 0 Å². The molecule has 1 amide bonds. The monoisotopic (exact) mass is 309 g/mol. The van der Waals surface area contributed by atoms with Crippen LogP contribution in [0, 0.1) is 13.8 Å². The van der Waals surface area contributed by atoms with E-state index in [2.05, 4.69) is 37.4 Å². The first-order valence-corrected chi connectivity index (χ1v) is 8.40. The van der Waals surface area contributed by atoms with Crippen molar-refractivity contribution in [1.29, 1.82) is 0 Å². The zero-order valence-electron chi connectivity index (χ0n) is 12.7. The minimum absolute atomic E-state index is 0.00729. The first kappa shape index (κ1) is 16.3. The zero-order valence-corrected chi connectivity index (χ0v) is 13.5. The predicted molar refractivity (Wildman–Crippen MR) is 85.6 cm³/mol. The molecule has 0 bridgehead atoms. The van der Waals surface area contributed by atoms with Gasteiger partial charge in [0, 0.05) is 12.3 Å². The van der Waals surface area contributed by atoms with E-state index in [4.69, 9.17) is 9.47 Å². The van der Waals surface area contributed by atoms with Gasteiger partial charge in [0.15, 0.2) is 0 Å². The van der Waals surface area contributed by atoms with Crippen LogP contribution in [0.15, 0.2) is 18.2 Å². The van der Waals surface area contributed by atoms with Gasteiger partial charge in [-0.15, -0.1) is 11.8 Å². The molecule has 1 heterocycles. The van der Waals surface area contributed by atoms with Gasteiger partial charge in [-0.1, -0.05) is 29.3 Å². The second-order valence-electron chi connectivity index (χ2n) is 5.36. The number of benzene rings is 1. The average Bonchev–Trinajstić information content (AvgIpc) is 2.45. The Labute approximate surface area is 130 Å². The van der Waals surface area contributed by atoms with Crippen LogP contribution in [0.3, 0.4) is 0 Å². The molecular formula is C16H23NO3S. The van der Waals surface area contributed by atoms with Crippen LogP contribution in [0.4, 0.5) is 0 Å². The van der Waals surface area contributed by atoms with Crippen LogP contribution in [0.1, 0.15) is 16.7 Å². The zero-order chi connectivity index (χ0) is 15.1. The Kier molecular flexibility index (Phi) is 6.54. The first-order valence-electron chi connectivity index (χ1n) is 7.24. The second-order valence-corrected chi connectivity index (χ2v) is 6.35. The summed E-state index contributed by atoms with van der Waals surface area (Å²) in [4.78, 5) is 11.8. The minimum Gasteiger partial charge on any atom is -0.376 e. The van der Waals surface area contributed by atoms with E-state index in [1.54, 1.807) is 11.8 Å². The molecule has 4 nitrogen and oxygen atoms in total. The number of amides is 1. The third kappa shape index (κ3) is 6.08. The number of carbonyl (C=O) groups excluding carboxylic acids is 1. The normalized spacial score (nSPS) is 18.5. The van der Waals surface area contributed by atoms with Crippen LogP contribution in [0.5, 0.6) is 0 Å². The van der Waals surface area contributed by atoms with Crippen molar-refractivity contribution in [1.82, 2.24) is 5.32 Å². The predicted octanol–water partition coefficient (Wildman–Crippen LogP) is 2.07. The maximum absolute atomic E-state index is 11.8. The summed E-state index contributed by atoms with van der Waals surface area (Å²) in [5.41, 5.74) is 3.81. The summed E-state index contributed by atoms with van der Waals surface area (Å²) >= 11 is 1.63. The van der Waals surface area contributed by atoms with Gasteiger partial charge in [0.25, 0.3) is 0 Å². The molecule has 1 fully saturated rings. The molecule has 1 aromatic carbocycles. The number of hydrogen-bond acceptors (Lipinski definition) is 4. The largest absolute Gasteiger partial charge is 0.376 e. The van der Waals surface area contributed by atoms with Crippen molar-refractivity contribution in [2.75, 3.05) is 32.1 Å². The maximum Gasteiger partial charge on any atom is 0.230 e. The highest BCUT2D eigenvalue weighted by Crippen LogP contribution is 2.15. The van der Waals surface area contributed by atoms with Gasteiger partial charge in [0.05, 0.1) is 31.7 Å². The van der Waals surface area contributed by atoms with Crippen LogP contribution in [0.2, 0.25) is 0 Å². The lowest BCUT2D eigenvalue weighted by atomic mass is 10.1. The van der Waals surface area contributed by atoms with Crippen LogP contribution < -0.4 is 5.32 Å². The molecule has 116 valence electrons. The molecule has 5 heteroatoms. The molecule has 0 unspecified atom stereocenters. The van der Waals surface area contributed by atoms with E-state index < -0.39 is 0 Å². The summed E-state index contributed by atoms with van der Waals surface area (Å²) in [6.07, 6.45) is -0.00729. The third-order valence-electron chi connectivity index (χ3n) is 3.20. The van der Waals surface area contributed by atoms with Crippen molar-refractivity contribution in [2.24, 2.45) is 0 Å². The van der Waals surface area contributed by atoms with Crippen molar-refractivity contribution in [2.45, 2.75) is 25.7 Å². The Bertz CT molecular complexity index is 452. The Morgan fingerprint density at radius 2 is 2.05 bits per heavy atom. The molecule has 0 saturated carbocycles. The molecule has 0 aromatic heterocycles. The minimum atomic E-state index is -0.00729. The molecule has 1 atom stereocenters. The fraction of sp³-hybridized carbons (Fsp3) is 0.562. The number of rotatable bonds is 6. The summed E-state index contributed by atoms with van der Waals surface area (Å²) in [6.45, 7) is 6.55. The molecule has 1 aliphatic heterocycles. The highest BCUT2D eigenvalue weighted by atomic mass is 32.2. The number of carbonyl (C=O) groups is 1. The Balaban J connectivity index is 1.64. The molecular weight excluding hydrogens is 286 g/mol. The van der Waals surface area contributed by atoms with Gasteiger partial charge >= 0.3 is 0 Å². The van der Waals surface area contributed by atoms with E-state index >= 15 is 0 Å². The quantitative estimate of drug-likeness (QED) is 0.874. The highest BCUT2D eigenvalue weighted by Gasteiger charge is 2.15. The summed E-state index contributed by atoms with van der Waals surface area (Å²) < 4.78 is 10.8. The molecule has 0 spiro atoms. The lowest BCUT2D eigenvalue weighted by Crippen LogP contribution is -2.40. The molecule has 1 N–H and O–H groups in total. The average molecular weight is 309 g/mol. The molecule has 1 aliphatic rings. The van der Waals surface area contributed by atoms with Gasteiger partial charge < -0.3 is 14.8 Å². The standard InChI is InChI=1S/C16H23NO3S/c1-12-5-13(2)7-14(6-12)10-21-11-16(18)17-8-15-9-19-3-4-20-15/h5-7,15H,3-4,8-11H2,1-2H3,(H,17,18)/t15-/m0/s1. The van der Waals surface area contributed by atoms with E-state index in [0.29, 0.717) is 32.1 Å². The smallest absolute Gasteiger partial charge is 0.230 e. The van der Waals surface area contributed by atoms with Crippen molar-refractivity contribution in [3.63, 3.8) is 0 Å². The second kappa shape index (κ2) is 8.41. The van der Waals surface area contributed by atoms with E-state index in [9.17, 15) is 4.79 Å². The lowest BCUT2D eigenvalue weighted by molar-refractivity contribution is -0.121. The Morgan fingerprint density at radius 1 is 1.29 bits per heavy atom. The maximum atomic E-state index is 11.8. The number of hydrogen-bond donors (Lipinski definition) is 1. The van der Waals surface area contributed by atoms with Crippen LogP contribution in [-0.4, -0.2) is 44.1 Å². The third-order valence-corrected chi connectivity index (χ3v) is 4.20. The van der Waals surface area contributed by atoms with Crippen molar-refractivity contribution >= 4 is 17.7 Å². The highest BCUT2D eigenvalue weighted by molar-refractivity contribution is 7.99. The van der Waals surface area contributed by atoms with Gasteiger partial charge in [0.1, 0.15) is 0 Å². The molecule has 21 heavy (non-hydrogen) atoms. The summed E-state index contributed by atoms with van der Waals surface area (Å²) in [7, 11) is 0. The van der Waals surface area contributed by atoms with Gasteiger partial charge in [-0.3, -0.25) is 4.79 Å². The molecule has 1 saturated heterocycles. The lowest BCUT2D eigenvalue weighted by Gasteiger charge is -2.23. The number of nitrogens with one attached hydrogen (secondary N) is 1. The van der Waals surface area contributed by atoms with Gasteiger partial charge in [-0.25, -0.2) is 0 Å². The Hall–Kier alpha value is -1.04. The van der Waals surface area contributed by atoms with Crippen molar-refractivity contribution < 1.29 is 14.3 Å². The van der Waals surface area contributed by atoms with E-state index in [0.717, 1.165) is 5.75 Å². The van der Waals surface area contributed by atoms with Gasteiger partial charge in [0.2, 0.25) is 5.91 Å². The fourth-order valence-corrected chi connectivity index (χ4v) is 3.14. The van der Waals surface area contributed by atoms with E-state index in [-0.39, 0.29) is 12.0 Å². The topological polar surface area (TPSA) is 47.6 Å².